The SMILES string of the molecule is CCN(CC)CCC(O)Cc1ccc(OC(F)(F)F)cc1. The minimum atomic E-state index is -4.68. The van der Waals surface area contributed by atoms with Crippen LogP contribution >= 0.6 is 0 Å². The molecule has 0 saturated heterocycles. The van der Waals surface area contributed by atoms with Gasteiger partial charge < -0.3 is 14.7 Å². The number of aliphatic hydroxyl groups excluding tert-OH is 1. The van der Waals surface area contributed by atoms with Crippen molar-refractivity contribution in [2.75, 3.05) is 19.6 Å². The van der Waals surface area contributed by atoms with Gasteiger partial charge in [0.05, 0.1) is 6.10 Å². The first-order valence-electron chi connectivity index (χ1n) is 7.09. The molecule has 1 aromatic carbocycles. The zero-order valence-corrected chi connectivity index (χ0v) is 12.4. The maximum Gasteiger partial charge on any atom is 0.573 e. The van der Waals surface area contributed by atoms with Gasteiger partial charge in [-0.3, -0.25) is 0 Å². The summed E-state index contributed by atoms with van der Waals surface area (Å²) in [7, 11) is 0. The first-order valence-corrected chi connectivity index (χ1v) is 7.09. The minimum Gasteiger partial charge on any atom is -0.406 e. The number of aliphatic hydroxyl groups is 1. The van der Waals surface area contributed by atoms with E-state index in [2.05, 4.69) is 23.5 Å². The first-order chi connectivity index (χ1) is 9.84. The van der Waals surface area contributed by atoms with Crippen LogP contribution in [0.3, 0.4) is 0 Å². The third-order valence-electron chi connectivity index (χ3n) is 3.30. The fourth-order valence-electron chi connectivity index (χ4n) is 2.07. The average Bonchev–Trinajstić information content (AvgIpc) is 2.40. The largest absolute Gasteiger partial charge is 0.573 e. The first kappa shape index (κ1) is 17.8. The van der Waals surface area contributed by atoms with Gasteiger partial charge in [-0.05, 0) is 43.6 Å². The summed E-state index contributed by atoms with van der Waals surface area (Å²) < 4.78 is 39.9. The highest BCUT2D eigenvalue weighted by molar-refractivity contribution is 5.27. The maximum absolute atomic E-state index is 12.0. The van der Waals surface area contributed by atoms with Crippen molar-refractivity contribution in [2.45, 2.75) is 39.2 Å². The molecule has 1 atom stereocenters. The Hall–Kier alpha value is -1.27. The van der Waals surface area contributed by atoms with Crippen LogP contribution in [0.15, 0.2) is 24.3 Å². The van der Waals surface area contributed by atoms with Gasteiger partial charge in [-0.15, -0.1) is 13.2 Å². The molecule has 1 N–H and O–H groups in total. The fourth-order valence-corrected chi connectivity index (χ4v) is 2.07. The van der Waals surface area contributed by atoms with E-state index in [1.165, 1.54) is 12.1 Å². The molecule has 0 aliphatic heterocycles. The van der Waals surface area contributed by atoms with Crippen molar-refractivity contribution < 1.29 is 23.0 Å². The van der Waals surface area contributed by atoms with E-state index in [0.717, 1.165) is 25.2 Å². The topological polar surface area (TPSA) is 32.7 Å². The van der Waals surface area contributed by atoms with E-state index in [0.29, 0.717) is 12.8 Å². The van der Waals surface area contributed by atoms with E-state index in [9.17, 15) is 18.3 Å². The van der Waals surface area contributed by atoms with Crippen molar-refractivity contribution in [3.8, 4) is 5.75 Å². The predicted octanol–water partition coefficient (Wildman–Crippen LogP) is 3.22. The lowest BCUT2D eigenvalue weighted by molar-refractivity contribution is -0.274. The van der Waals surface area contributed by atoms with Crippen molar-refractivity contribution >= 4 is 0 Å². The summed E-state index contributed by atoms with van der Waals surface area (Å²) in [4.78, 5) is 2.21. The van der Waals surface area contributed by atoms with Gasteiger partial charge in [0, 0.05) is 6.54 Å². The molecule has 0 bridgehead atoms. The van der Waals surface area contributed by atoms with Gasteiger partial charge >= 0.3 is 6.36 Å². The lowest BCUT2D eigenvalue weighted by Crippen LogP contribution is -2.27. The molecule has 1 aromatic rings. The predicted molar refractivity (Wildman–Crippen MR) is 75.2 cm³/mol. The third-order valence-corrected chi connectivity index (χ3v) is 3.30. The van der Waals surface area contributed by atoms with Crippen LogP contribution < -0.4 is 4.74 Å². The van der Waals surface area contributed by atoms with E-state index >= 15 is 0 Å². The molecule has 1 rings (SSSR count). The van der Waals surface area contributed by atoms with E-state index in [1.54, 1.807) is 12.1 Å². The molecule has 0 spiro atoms. The van der Waals surface area contributed by atoms with Crippen molar-refractivity contribution in [3.63, 3.8) is 0 Å². The van der Waals surface area contributed by atoms with Crippen molar-refractivity contribution in [1.82, 2.24) is 4.90 Å². The van der Waals surface area contributed by atoms with Crippen molar-refractivity contribution in [2.24, 2.45) is 0 Å². The zero-order chi connectivity index (χ0) is 15.9. The highest BCUT2D eigenvalue weighted by Crippen LogP contribution is 2.23. The number of hydrogen-bond acceptors (Lipinski definition) is 3. The monoisotopic (exact) mass is 305 g/mol. The van der Waals surface area contributed by atoms with Gasteiger partial charge in [-0.1, -0.05) is 26.0 Å². The molecule has 0 radical (unpaired) electrons. The number of benzene rings is 1. The molecular formula is C15H22F3NO2. The molecule has 0 saturated carbocycles. The third kappa shape index (κ3) is 7.34. The summed E-state index contributed by atoms with van der Waals surface area (Å²) in [6.45, 7) is 6.81. The highest BCUT2D eigenvalue weighted by atomic mass is 19.4. The molecule has 6 heteroatoms. The molecule has 1 unspecified atom stereocenters. The standard InChI is InChI=1S/C15H22F3NO2/c1-3-19(4-2)10-9-13(20)11-12-5-7-14(8-6-12)21-15(16,17)18/h5-8,13,20H,3-4,9-11H2,1-2H3. The summed E-state index contributed by atoms with van der Waals surface area (Å²) >= 11 is 0. The summed E-state index contributed by atoms with van der Waals surface area (Å²) in [6.07, 6.45) is -4.11. The van der Waals surface area contributed by atoms with E-state index in [4.69, 9.17) is 0 Å². The average molecular weight is 305 g/mol. The Morgan fingerprint density at radius 2 is 1.71 bits per heavy atom. The number of nitrogens with zero attached hydrogens (tertiary/aromatic N) is 1. The van der Waals surface area contributed by atoms with Crippen LogP contribution in [0.4, 0.5) is 13.2 Å². The van der Waals surface area contributed by atoms with Gasteiger partial charge in [-0.25, -0.2) is 0 Å². The highest BCUT2D eigenvalue weighted by Gasteiger charge is 2.30. The maximum atomic E-state index is 12.0. The Balaban J connectivity index is 2.44. The Morgan fingerprint density at radius 3 is 2.19 bits per heavy atom. The Morgan fingerprint density at radius 1 is 1.14 bits per heavy atom. The number of hydrogen-bond donors (Lipinski definition) is 1. The number of halogens is 3. The van der Waals surface area contributed by atoms with Gasteiger partial charge in [0.2, 0.25) is 0 Å². The van der Waals surface area contributed by atoms with Crippen LogP contribution in [0.2, 0.25) is 0 Å². The van der Waals surface area contributed by atoms with E-state index in [-0.39, 0.29) is 5.75 Å². The van der Waals surface area contributed by atoms with Gasteiger partial charge in [-0.2, -0.15) is 0 Å². The second-order valence-corrected chi connectivity index (χ2v) is 4.87. The van der Waals surface area contributed by atoms with E-state index in [1.807, 2.05) is 0 Å². The second-order valence-electron chi connectivity index (χ2n) is 4.87. The molecule has 0 aliphatic rings. The van der Waals surface area contributed by atoms with E-state index < -0.39 is 12.5 Å². The lowest BCUT2D eigenvalue weighted by Gasteiger charge is -2.20. The molecule has 0 aromatic heterocycles. The molecule has 0 heterocycles. The van der Waals surface area contributed by atoms with Gasteiger partial charge in [0.1, 0.15) is 5.75 Å². The quantitative estimate of drug-likeness (QED) is 0.800. The van der Waals surface area contributed by atoms with Crippen LogP contribution in [-0.2, 0) is 6.42 Å². The number of ether oxygens (including phenoxy) is 1. The van der Waals surface area contributed by atoms with Gasteiger partial charge in [0.25, 0.3) is 0 Å². The zero-order valence-electron chi connectivity index (χ0n) is 12.4. The smallest absolute Gasteiger partial charge is 0.406 e. The Kier molecular flexibility index (Phi) is 6.98. The molecule has 120 valence electrons. The molecule has 0 fully saturated rings. The normalized spacial score (nSPS) is 13.5. The Bertz CT molecular complexity index is 402. The van der Waals surface area contributed by atoms with Crippen LogP contribution in [-0.4, -0.2) is 42.1 Å². The van der Waals surface area contributed by atoms with Crippen LogP contribution in [0.25, 0.3) is 0 Å². The second kappa shape index (κ2) is 8.24. The van der Waals surface area contributed by atoms with Gasteiger partial charge in [0.15, 0.2) is 0 Å². The van der Waals surface area contributed by atoms with Crippen molar-refractivity contribution in [1.29, 1.82) is 0 Å². The molecule has 3 nitrogen and oxygen atoms in total. The van der Waals surface area contributed by atoms with Crippen LogP contribution in [0, 0.1) is 0 Å². The summed E-state index contributed by atoms with van der Waals surface area (Å²) in [5.74, 6) is -0.246. The Labute approximate surface area is 123 Å². The summed E-state index contributed by atoms with van der Waals surface area (Å²) in [6, 6.07) is 5.61. The molecular weight excluding hydrogens is 283 g/mol. The number of rotatable bonds is 8. The summed E-state index contributed by atoms with van der Waals surface area (Å²) in [5.41, 5.74) is 0.788. The fraction of sp³-hybridized carbons (Fsp3) is 0.600. The number of alkyl halides is 3. The summed E-state index contributed by atoms with van der Waals surface area (Å²) in [5, 5.41) is 9.96. The molecule has 21 heavy (non-hydrogen) atoms. The van der Waals surface area contributed by atoms with Crippen molar-refractivity contribution in [3.05, 3.63) is 29.8 Å². The van der Waals surface area contributed by atoms with Crippen LogP contribution in [0.1, 0.15) is 25.8 Å². The molecule has 0 aliphatic carbocycles. The molecule has 0 amide bonds. The lowest BCUT2D eigenvalue weighted by atomic mass is 10.1. The minimum absolute atomic E-state index is 0.246. The van der Waals surface area contributed by atoms with Crippen LogP contribution in [0.5, 0.6) is 5.75 Å².